The summed E-state index contributed by atoms with van der Waals surface area (Å²) in [6.07, 6.45) is 2.35. The normalized spacial score (nSPS) is 30.3. The molecule has 6 rings (SSSR count). The molecule has 31 heavy (non-hydrogen) atoms. The number of methoxy groups -OCH3 is 1. The Labute approximate surface area is 186 Å². The van der Waals surface area contributed by atoms with Gasteiger partial charge in [0.25, 0.3) is 0 Å². The first-order chi connectivity index (χ1) is 15.0. The molecule has 1 amide bonds. The van der Waals surface area contributed by atoms with Gasteiger partial charge in [-0.1, -0.05) is 54.6 Å². The van der Waals surface area contributed by atoms with Crippen LogP contribution in [0.15, 0.2) is 61.4 Å². The van der Waals surface area contributed by atoms with Gasteiger partial charge in [-0.15, -0.1) is 0 Å². The highest BCUT2D eigenvalue weighted by Crippen LogP contribution is 2.69. The van der Waals surface area contributed by atoms with E-state index in [1.54, 1.807) is 4.90 Å². The molecule has 0 radical (unpaired) electrons. The number of rotatable bonds is 3. The zero-order valence-electron chi connectivity index (χ0n) is 17.3. The Bertz CT molecular complexity index is 1080. The smallest absolute Gasteiger partial charge is 0.414 e. The summed E-state index contributed by atoms with van der Waals surface area (Å²) in [5.41, 5.74) is 2.16. The fourth-order valence-electron chi connectivity index (χ4n) is 6.68. The summed E-state index contributed by atoms with van der Waals surface area (Å²) in [6.45, 7) is 4.17. The fourth-order valence-corrected chi connectivity index (χ4v) is 6.87. The zero-order chi connectivity index (χ0) is 21.8. The van der Waals surface area contributed by atoms with Crippen LogP contribution in [0.25, 0.3) is 0 Å². The highest BCUT2D eigenvalue weighted by atomic mass is 35.5. The van der Waals surface area contributed by atoms with Crippen molar-refractivity contribution in [2.24, 2.45) is 11.3 Å². The minimum absolute atomic E-state index is 0.0243. The van der Waals surface area contributed by atoms with Gasteiger partial charge in [-0.25, -0.2) is 4.79 Å². The predicted molar refractivity (Wildman–Crippen MR) is 117 cm³/mol. The molecule has 2 fully saturated rings. The Morgan fingerprint density at radius 1 is 1.23 bits per heavy atom. The monoisotopic (exact) mass is 437 g/mol. The lowest BCUT2D eigenvalue weighted by Crippen LogP contribution is -2.60. The van der Waals surface area contributed by atoms with E-state index >= 15 is 0 Å². The van der Waals surface area contributed by atoms with Crippen molar-refractivity contribution in [2.75, 3.05) is 20.2 Å². The van der Waals surface area contributed by atoms with Crippen LogP contribution in [0.1, 0.15) is 35.4 Å². The Morgan fingerprint density at radius 2 is 2.03 bits per heavy atom. The fraction of sp³-hybridized carbons (Fsp3) is 0.360. The number of hydrogen-bond donors (Lipinski definition) is 0. The molecule has 1 aliphatic heterocycles. The van der Waals surface area contributed by atoms with Crippen molar-refractivity contribution >= 4 is 23.7 Å². The van der Waals surface area contributed by atoms with Crippen LogP contribution in [-0.4, -0.2) is 37.2 Å². The number of halogens is 1. The van der Waals surface area contributed by atoms with Crippen molar-refractivity contribution in [3.63, 3.8) is 0 Å². The summed E-state index contributed by atoms with van der Waals surface area (Å²) >= 11 is 6.42. The molecule has 0 aromatic heterocycles. The Kier molecular flexibility index (Phi) is 4.63. The lowest BCUT2D eigenvalue weighted by molar-refractivity contribution is -0.161. The van der Waals surface area contributed by atoms with Gasteiger partial charge < -0.3 is 14.4 Å². The Balaban J connectivity index is 1.78. The van der Waals surface area contributed by atoms with E-state index in [1.807, 2.05) is 30.3 Å². The number of amides is 1. The first-order valence-electron chi connectivity index (χ1n) is 10.5. The Hall–Kier alpha value is -2.79. The summed E-state index contributed by atoms with van der Waals surface area (Å²) < 4.78 is 10.5. The number of hydrogen-bond acceptors (Lipinski definition) is 4. The van der Waals surface area contributed by atoms with Crippen LogP contribution >= 0.6 is 11.6 Å². The third kappa shape index (κ3) is 2.56. The molecular weight excluding hydrogens is 414 g/mol. The predicted octanol–water partition coefficient (Wildman–Crippen LogP) is 4.89. The first-order valence-corrected chi connectivity index (χ1v) is 10.9. The lowest BCUT2D eigenvalue weighted by atomic mass is 9.42. The molecule has 2 bridgehead atoms. The number of carbonyl (C=O) groups is 2. The summed E-state index contributed by atoms with van der Waals surface area (Å²) in [4.78, 5) is 27.8. The molecular formula is C25H24ClNO4. The van der Waals surface area contributed by atoms with Crippen LogP contribution in [-0.2, 0) is 19.7 Å². The first kappa shape index (κ1) is 20.1. The number of fused-ring (bicyclic) bond motifs is 1. The van der Waals surface area contributed by atoms with E-state index in [4.69, 9.17) is 21.1 Å². The van der Waals surface area contributed by atoms with Crippen molar-refractivity contribution in [2.45, 2.75) is 24.2 Å². The van der Waals surface area contributed by atoms with Crippen molar-refractivity contribution in [1.29, 1.82) is 0 Å². The molecule has 5 nitrogen and oxygen atoms in total. The second kappa shape index (κ2) is 7.13. The number of nitrogens with zero attached hydrogens (tertiary/aromatic N) is 1. The van der Waals surface area contributed by atoms with Gasteiger partial charge in [-0.05, 0) is 41.7 Å². The molecule has 4 unspecified atom stereocenters. The number of esters is 1. The molecule has 3 aliphatic carbocycles. The lowest BCUT2D eigenvalue weighted by Gasteiger charge is -2.59. The van der Waals surface area contributed by atoms with Crippen LogP contribution < -0.4 is 0 Å². The van der Waals surface area contributed by atoms with Gasteiger partial charge in [0.15, 0.2) is 0 Å². The number of benzene rings is 2. The van der Waals surface area contributed by atoms with Crippen LogP contribution in [0.2, 0.25) is 5.02 Å². The SMILES string of the molecule is C=COC(=O)N1CC2C3(c4cccc(Cl)c4)CCC(c4ccccc43)C2(C(=O)OC)C1. The topological polar surface area (TPSA) is 55.8 Å². The van der Waals surface area contributed by atoms with Gasteiger partial charge in [0.2, 0.25) is 0 Å². The quantitative estimate of drug-likeness (QED) is 0.506. The van der Waals surface area contributed by atoms with Gasteiger partial charge in [-0.3, -0.25) is 4.79 Å². The molecule has 160 valence electrons. The van der Waals surface area contributed by atoms with E-state index in [9.17, 15) is 9.59 Å². The van der Waals surface area contributed by atoms with E-state index in [0.717, 1.165) is 30.2 Å². The van der Waals surface area contributed by atoms with Crippen LogP contribution in [0.4, 0.5) is 4.79 Å². The molecule has 1 heterocycles. The minimum Gasteiger partial charge on any atom is -0.469 e. The standard InChI is InChI=1S/C25H24ClNO4/c1-3-31-23(29)27-14-21-24(16-7-6-8-17(26)13-16)12-11-20(18-9-4-5-10-19(18)24)25(21,15-27)22(28)30-2/h3-10,13,20-21H,1,11-12,14-15H2,2H3. The molecule has 2 aromatic rings. The maximum Gasteiger partial charge on any atom is 0.414 e. The molecule has 2 aromatic carbocycles. The Morgan fingerprint density at radius 3 is 2.77 bits per heavy atom. The molecule has 4 aliphatic rings. The molecule has 0 spiro atoms. The largest absolute Gasteiger partial charge is 0.469 e. The second-order valence-corrected chi connectivity index (χ2v) is 9.11. The van der Waals surface area contributed by atoms with Gasteiger partial charge >= 0.3 is 12.1 Å². The maximum absolute atomic E-state index is 13.5. The number of carbonyl (C=O) groups excluding carboxylic acids is 2. The average Bonchev–Trinajstić information content (AvgIpc) is 3.23. The van der Waals surface area contributed by atoms with Crippen molar-refractivity contribution in [3.8, 4) is 0 Å². The molecule has 1 saturated heterocycles. The van der Waals surface area contributed by atoms with Crippen molar-refractivity contribution < 1.29 is 19.1 Å². The molecule has 6 heteroatoms. The van der Waals surface area contributed by atoms with Crippen molar-refractivity contribution in [1.82, 2.24) is 4.90 Å². The summed E-state index contributed by atoms with van der Waals surface area (Å²) in [6, 6.07) is 16.2. The van der Waals surface area contributed by atoms with E-state index in [1.165, 1.54) is 12.7 Å². The highest BCUT2D eigenvalue weighted by Gasteiger charge is 2.71. The van der Waals surface area contributed by atoms with Crippen LogP contribution in [0, 0.1) is 11.3 Å². The van der Waals surface area contributed by atoms with Gasteiger partial charge in [0, 0.05) is 35.4 Å². The third-order valence-electron chi connectivity index (χ3n) is 7.69. The average molecular weight is 438 g/mol. The van der Waals surface area contributed by atoms with Gasteiger partial charge in [0.05, 0.1) is 18.8 Å². The van der Waals surface area contributed by atoms with E-state index < -0.39 is 16.9 Å². The minimum atomic E-state index is -0.843. The van der Waals surface area contributed by atoms with Gasteiger partial charge in [0.1, 0.15) is 0 Å². The maximum atomic E-state index is 13.5. The number of likely N-dealkylation sites (tertiary alicyclic amines) is 1. The number of ether oxygens (including phenoxy) is 2. The summed E-state index contributed by atoms with van der Waals surface area (Å²) in [5.74, 6) is -0.447. The third-order valence-corrected chi connectivity index (χ3v) is 7.92. The van der Waals surface area contributed by atoms with Gasteiger partial charge in [-0.2, -0.15) is 0 Å². The summed E-state index contributed by atoms with van der Waals surface area (Å²) in [5, 5.41) is 0.654. The van der Waals surface area contributed by atoms with Crippen LogP contribution in [0.3, 0.4) is 0 Å². The summed E-state index contributed by atoms with van der Waals surface area (Å²) in [7, 11) is 1.43. The molecule has 1 saturated carbocycles. The second-order valence-electron chi connectivity index (χ2n) is 8.68. The highest BCUT2D eigenvalue weighted by molar-refractivity contribution is 6.30. The van der Waals surface area contributed by atoms with Crippen molar-refractivity contribution in [3.05, 3.63) is 83.1 Å². The molecule has 4 atom stereocenters. The van der Waals surface area contributed by atoms with E-state index in [2.05, 4.69) is 24.8 Å². The zero-order valence-corrected chi connectivity index (χ0v) is 18.1. The van der Waals surface area contributed by atoms with E-state index in [0.29, 0.717) is 11.6 Å². The van der Waals surface area contributed by atoms with E-state index in [-0.39, 0.29) is 24.3 Å². The molecule has 0 N–H and O–H groups in total. The van der Waals surface area contributed by atoms with Crippen LogP contribution in [0.5, 0.6) is 0 Å².